The summed E-state index contributed by atoms with van der Waals surface area (Å²) in [5, 5.41) is 0. The Balaban J connectivity index is 0.000000360. The number of hydrogen-bond donors (Lipinski definition) is 0. The van der Waals surface area contributed by atoms with Gasteiger partial charge in [-0.1, -0.05) is 6.42 Å². The first-order valence-electron chi connectivity index (χ1n) is 2.58. The molecule has 1 radical (unpaired) electrons. The van der Waals surface area contributed by atoms with Gasteiger partial charge in [-0.05, 0) is 12.5 Å². The standard InChI is InChI=1S/C4H10OSi.La/c1-2-4-6-5-3-1;/h1-4,6H2;. The average Bonchev–Trinajstić information content (AvgIpc) is 1.72. The summed E-state index contributed by atoms with van der Waals surface area (Å²) in [5.74, 6) is 0. The quantitative estimate of drug-likeness (QED) is 0.554. The van der Waals surface area contributed by atoms with Gasteiger partial charge in [0.15, 0.2) is 9.76 Å². The van der Waals surface area contributed by atoms with Crippen molar-refractivity contribution in [3.63, 3.8) is 0 Å². The summed E-state index contributed by atoms with van der Waals surface area (Å²) in [6, 6.07) is 1.42. The maximum absolute atomic E-state index is 5.21. The van der Waals surface area contributed by atoms with Crippen molar-refractivity contribution in [1.82, 2.24) is 0 Å². The van der Waals surface area contributed by atoms with Crippen molar-refractivity contribution in [2.45, 2.75) is 18.9 Å². The Morgan fingerprint density at radius 3 is 2.29 bits per heavy atom. The molecule has 0 N–H and O–H groups in total. The number of rotatable bonds is 0. The van der Waals surface area contributed by atoms with Gasteiger partial charge in [-0.2, -0.15) is 0 Å². The third-order valence-corrected chi connectivity index (χ3v) is 2.44. The van der Waals surface area contributed by atoms with Gasteiger partial charge in [0.1, 0.15) is 0 Å². The molecule has 0 atom stereocenters. The molecule has 0 spiro atoms. The van der Waals surface area contributed by atoms with Crippen molar-refractivity contribution in [2.24, 2.45) is 0 Å². The molecule has 1 fully saturated rings. The Morgan fingerprint density at radius 2 is 2.14 bits per heavy atom. The molecule has 1 saturated heterocycles. The molecular formula is C4H10LaOSi. The molecule has 0 bridgehead atoms. The summed E-state index contributed by atoms with van der Waals surface area (Å²) in [4.78, 5) is 0. The van der Waals surface area contributed by atoms with Crippen LogP contribution in [0.2, 0.25) is 6.04 Å². The fourth-order valence-electron chi connectivity index (χ4n) is 0.687. The van der Waals surface area contributed by atoms with Crippen LogP contribution < -0.4 is 0 Å². The summed E-state index contributed by atoms with van der Waals surface area (Å²) < 4.78 is 5.21. The zero-order valence-electron chi connectivity index (χ0n) is 4.52. The van der Waals surface area contributed by atoms with Gasteiger partial charge < -0.3 is 4.43 Å². The van der Waals surface area contributed by atoms with Crippen molar-refractivity contribution in [3.8, 4) is 0 Å². The van der Waals surface area contributed by atoms with E-state index in [0.29, 0.717) is 0 Å². The monoisotopic (exact) mass is 241 g/mol. The van der Waals surface area contributed by atoms with E-state index >= 15 is 0 Å². The molecule has 1 rings (SSSR count). The van der Waals surface area contributed by atoms with E-state index in [-0.39, 0.29) is 45.4 Å². The molecule has 7 heavy (non-hydrogen) atoms. The molecule has 0 aromatic rings. The average molecular weight is 241 g/mol. The molecule has 1 nitrogen and oxygen atoms in total. The minimum absolute atomic E-state index is 0. The molecule has 0 unspecified atom stereocenters. The normalized spacial score (nSPS) is 24.0. The van der Waals surface area contributed by atoms with E-state index in [0.717, 1.165) is 6.61 Å². The maximum atomic E-state index is 5.21. The van der Waals surface area contributed by atoms with Gasteiger partial charge in [-0.3, -0.25) is 0 Å². The fraction of sp³-hybridized carbons (Fsp3) is 1.00. The van der Waals surface area contributed by atoms with Crippen molar-refractivity contribution in [3.05, 3.63) is 0 Å². The van der Waals surface area contributed by atoms with Gasteiger partial charge in [0.25, 0.3) is 0 Å². The molecule has 0 amide bonds. The third-order valence-electron chi connectivity index (χ3n) is 1.08. The molecule has 1 aliphatic rings. The van der Waals surface area contributed by atoms with Crippen LogP contribution in [0.1, 0.15) is 12.8 Å². The Morgan fingerprint density at radius 1 is 1.29 bits per heavy atom. The molecule has 0 aromatic heterocycles. The van der Waals surface area contributed by atoms with Gasteiger partial charge in [-0.25, -0.2) is 0 Å². The van der Waals surface area contributed by atoms with Crippen molar-refractivity contribution in [1.29, 1.82) is 0 Å². The summed E-state index contributed by atoms with van der Waals surface area (Å²) >= 11 is 0. The number of hydrogen-bond acceptors (Lipinski definition) is 1. The second kappa shape index (κ2) is 5.51. The molecule has 1 heterocycles. The Hall–Kier alpha value is 1.37. The van der Waals surface area contributed by atoms with E-state index in [2.05, 4.69) is 0 Å². The first kappa shape index (κ1) is 8.37. The predicted molar refractivity (Wildman–Crippen MR) is 28.5 cm³/mol. The Bertz CT molecular complexity index is 27.2. The van der Waals surface area contributed by atoms with Crippen molar-refractivity contribution >= 4 is 9.76 Å². The summed E-state index contributed by atoms with van der Waals surface area (Å²) in [7, 11) is 0.00849. The fourth-order valence-corrected chi connectivity index (χ4v) is 1.86. The van der Waals surface area contributed by atoms with Crippen LogP contribution in [0.15, 0.2) is 0 Å². The molecule has 0 aromatic carbocycles. The predicted octanol–water partition coefficient (Wildman–Crippen LogP) is 0.299. The summed E-state index contributed by atoms with van der Waals surface area (Å²) in [6.07, 6.45) is 2.75. The third kappa shape index (κ3) is 3.91. The van der Waals surface area contributed by atoms with Gasteiger partial charge in [0.2, 0.25) is 0 Å². The van der Waals surface area contributed by atoms with E-state index in [9.17, 15) is 0 Å². The molecular weight excluding hydrogens is 231 g/mol. The van der Waals surface area contributed by atoms with Crippen LogP contribution >= 0.6 is 0 Å². The van der Waals surface area contributed by atoms with E-state index in [1.807, 2.05) is 0 Å². The Labute approximate surface area is 74.7 Å². The first-order valence-corrected chi connectivity index (χ1v) is 4.15. The van der Waals surface area contributed by atoms with Crippen LogP contribution in [0.3, 0.4) is 0 Å². The van der Waals surface area contributed by atoms with Crippen molar-refractivity contribution < 1.29 is 40.0 Å². The SMILES string of the molecule is C1CC[SiH2]OC1.[La]. The van der Waals surface area contributed by atoms with Crippen LogP contribution in [-0.2, 0) is 4.43 Å². The second-order valence-electron chi connectivity index (χ2n) is 1.67. The van der Waals surface area contributed by atoms with Gasteiger partial charge >= 0.3 is 0 Å². The minimum Gasteiger partial charge on any atom is -0.424 e. The summed E-state index contributed by atoms with van der Waals surface area (Å²) in [5.41, 5.74) is 0. The molecule has 39 valence electrons. The van der Waals surface area contributed by atoms with E-state index in [1.165, 1.54) is 18.9 Å². The van der Waals surface area contributed by atoms with Crippen LogP contribution in [0.25, 0.3) is 0 Å². The van der Waals surface area contributed by atoms with Crippen LogP contribution in [0, 0.1) is 35.6 Å². The minimum atomic E-state index is 0. The smallest absolute Gasteiger partial charge is 0.161 e. The van der Waals surface area contributed by atoms with Crippen molar-refractivity contribution in [2.75, 3.05) is 6.61 Å². The molecule has 0 saturated carbocycles. The van der Waals surface area contributed by atoms with Gasteiger partial charge in [0, 0.05) is 42.2 Å². The maximum Gasteiger partial charge on any atom is 0.161 e. The molecule has 3 heteroatoms. The zero-order chi connectivity index (χ0) is 4.24. The Kier molecular flexibility index (Phi) is 6.59. The summed E-state index contributed by atoms with van der Waals surface area (Å²) in [6.45, 7) is 1.06. The van der Waals surface area contributed by atoms with Crippen LogP contribution in [0.4, 0.5) is 0 Å². The molecule has 0 aliphatic carbocycles. The largest absolute Gasteiger partial charge is 0.424 e. The first-order chi connectivity index (χ1) is 3.00. The van der Waals surface area contributed by atoms with Gasteiger partial charge in [-0.15, -0.1) is 0 Å². The van der Waals surface area contributed by atoms with E-state index in [4.69, 9.17) is 4.43 Å². The van der Waals surface area contributed by atoms with Gasteiger partial charge in [0.05, 0.1) is 0 Å². The molecule has 1 aliphatic heterocycles. The van der Waals surface area contributed by atoms with E-state index in [1.54, 1.807) is 0 Å². The topological polar surface area (TPSA) is 9.23 Å². The van der Waals surface area contributed by atoms with E-state index < -0.39 is 0 Å². The zero-order valence-corrected chi connectivity index (χ0v) is 9.56. The second-order valence-corrected chi connectivity index (χ2v) is 3.20. The van der Waals surface area contributed by atoms with Crippen LogP contribution in [-0.4, -0.2) is 16.4 Å². The van der Waals surface area contributed by atoms with Crippen LogP contribution in [0.5, 0.6) is 0 Å².